The summed E-state index contributed by atoms with van der Waals surface area (Å²) in [5.74, 6) is -0.0472. The Labute approximate surface area is 456 Å². The summed E-state index contributed by atoms with van der Waals surface area (Å²) < 4.78 is 5.48. The van der Waals surface area contributed by atoms with E-state index in [0.29, 0.717) is 25.9 Å². The highest BCUT2D eigenvalue weighted by atomic mass is 16.5. The summed E-state index contributed by atoms with van der Waals surface area (Å²) in [5.41, 5.74) is 0. The highest BCUT2D eigenvalue weighted by Crippen LogP contribution is 2.18. The molecular weight excluding hydrogens is 899 g/mol. The van der Waals surface area contributed by atoms with Gasteiger partial charge in [0, 0.05) is 12.8 Å². The van der Waals surface area contributed by atoms with Gasteiger partial charge in [0.15, 0.2) is 0 Å². The van der Waals surface area contributed by atoms with Crippen molar-refractivity contribution < 1.29 is 24.5 Å². The minimum atomic E-state index is -0.671. The number of ether oxygens (including phenoxy) is 1. The summed E-state index contributed by atoms with van der Waals surface area (Å²) in [6.07, 6.45) is 77.6. The number of rotatable bonds is 62. The molecular formula is C67H129NO5. The molecule has 1 amide bonds. The van der Waals surface area contributed by atoms with Gasteiger partial charge in [0.25, 0.3) is 0 Å². The van der Waals surface area contributed by atoms with Crippen molar-refractivity contribution in [3.63, 3.8) is 0 Å². The van der Waals surface area contributed by atoms with Gasteiger partial charge in [0.1, 0.15) is 0 Å². The first kappa shape index (κ1) is 71.3. The number of nitrogens with one attached hydrogen (secondary N) is 1. The van der Waals surface area contributed by atoms with E-state index in [1.165, 1.54) is 283 Å². The number of aliphatic hydroxyl groups is 2. The van der Waals surface area contributed by atoms with E-state index >= 15 is 0 Å². The first-order valence-corrected chi connectivity index (χ1v) is 33.1. The van der Waals surface area contributed by atoms with Gasteiger partial charge >= 0.3 is 5.97 Å². The Morgan fingerprint density at radius 2 is 0.685 bits per heavy atom. The van der Waals surface area contributed by atoms with Crippen molar-refractivity contribution in [1.29, 1.82) is 0 Å². The quantitative estimate of drug-likeness (QED) is 0.0320. The summed E-state index contributed by atoms with van der Waals surface area (Å²) >= 11 is 0. The summed E-state index contributed by atoms with van der Waals surface area (Å²) in [5, 5.41) is 23.4. The molecule has 6 heteroatoms. The number of carbonyl (C=O) groups excluding carboxylic acids is 2. The van der Waals surface area contributed by atoms with Gasteiger partial charge in [-0.3, -0.25) is 9.59 Å². The normalized spacial score (nSPS) is 12.7. The highest BCUT2D eigenvalue weighted by molar-refractivity contribution is 5.76. The smallest absolute Gasteiger partial charge is 0.305 e. The summed E-state index contributed by atoms with van der Waals surface area (Å²) in [6.45, 7) is 4.95. The topological polar surface area (TPSA) is 95.9 Å². The molecule has 73 heavy (non-hydrogen) atoms. The third-order valence-electron chi connectivity index (χ3n) is 15.5. The van der Waals surface area contributed by atoms with Crippen molar-refractivity contribution in [3.8, 4) is 0 Å². The molecule has 0 aliphatic rings. The van der Waals surface area contributed by atoms with Crippen LogP contribution in [-0.2, 0) is 14.3 Å². The average Bonchev–Trinajstić information content (AvgIpc) is 3.39. The number of unbranched alkanes of at least 4 members (excludes halogenated alkanes) is 47. The minimum Gasteiger partial charge on any atom is -0.466 e. The van der Waals surface area contributed by atoms with Crippen molar-refractivity contribution in [2.45, 2.75) is 379 Å². The molecule has 0 aromatic heterocycles. The van der Waals surface area contributed by atoms with Crippen LogP contribution >= 0.6 is 0 Å². The number of hydrogen-bond donors (Lipinski definition) is 3. The van der Waals surface area contributed by atoms with Crippen molar-refractivity contribution in [2.75, 3.05) is 13.2 Å². The fourth-order valence-electron chi connectivity index (χ4n) is 10.4. The van der Waals surface area contributed by atoms with E-state index in [1.54, 1.807) is 0 Å². The fourth-order valence-corrected chi connectivity index (χ4v) is 10.4. The monoisotopic (exact) mass is 1030 g/mol. The predicted octanol–water partition coefficient (Wildman–Crippen LogP) is 21.0. The number of allylic oxidation sites excluding steroid dienone is 4. The van der Waals surface area contributed by atoms with Gasteiger partial charge in [-0.1, -0.05) is 321 Å². The van der Waals surface area contributed by atoms with Crippen LogP contribution in [0, 0.1) is 0 Å². The molecule has 0 aliphatic carbocycles. The van der Waals surface area contributed by atoms with E-state index < -0.39 is 12.1 Å². The van der Waals surface area contributed by atoms with E-state index in [1.807, 2.05) is 0 Å². The lowest BCUT2D eigenvalue weighted by Gasteiger charge is -2.22. The van der Waals surface area contributed by atoms with Crippen LogP contribution in [0.4, 0.5) is 0 Å². The molecule has 0 aliphatic heterocycles. The van der Waals surface area contributed by atoms with Crippen LogP contribution in [-0.4, -0.2) is 47.4 Å². The maximum absolute atomic E-state index is 12.5. The van der Waals surface area contributed by atoms with Gasteiger partial charge in [0.05, 0.1) is 25.4 Å². The molecule has 2 atom stereocenters. The second-order valence-corrected chi connectivity index (χ2v) is 22.8. The molecule has 0 heterocycles. The Bertz CT molecular complexity index is 1140. The van der Waals surface area contributed by atoms with Crippen LogP contribution in [0.25, 0.3) is 0 Å². The average molecular weight is 1030 g/mol. The number of carbonyl (C=O) groups is 2. The molecule has 2 unspecified atom stereocenters. The zero-order chi connectivity index (χ0) is 52.9. The van der Waals surface area contributed by atoms with Crippen LogP contribution in [0.2, 0.25) is 0 Å². The van der Waals surface area contributed by atoms with Gasteiger partial charge in [-0.15, -0.1) is 0 Å². The second-order valence-electron chi connectivity index (χ2n) is 22.8. The molecule has 0 fully saturated rings. The molecule has 0 spiro atoms. The third-order valence-corrected chi connectivity index (χ3v) is 15.5. The van der Waals surface area contributed by atoms with Crippen LogP contribution in [0.3, 0.4) is 0 Å². The Hall–Kier alpha value is -1.66. The van der Waals surface area contributed by atoms with Crippen molar-refractivity contribution in [1.82, 2.24) is 5.32 Å². The molecule has 0 rings (SSSR count). The number of amides is 1. The van der Waals surface area contributed by atoms with E-state index in [0.717, 1.165) is 51.4 Å². The van der Waals surface area contributed by atoms with Gasteiger partial charge in [-0.2, -0.15) is 0 Å². The molecule has 0 bridgehead atoms. The first-order chi connectivity index (χ1) is 36.0. The summed E-state index contributed by atoms with van der Waals surface area (Å²) in [6, 6.07) is -0.549. The van der Waals surface area contributed by atoms with Gasteiger partial charge in [0.2, 0.25) is 5.91 Å². The Morgan fingerprint density at radius 3 is 1.05 bits per heavy atom. The van der Waals surface area contributed by atoms with Crippen LogP contribution in [0.5, 0.6) is 0 Å². The van der Waals surface area contributed by atoms with E-state index in [2.05, 4.69) is 43.5 Å². The molecule has 3 N–H and O–H groups in total. The summed E-state index contributed by atoms with van der Waals surface area (Å²) in [4.78, 5) is 24.6. The highest BCUT2D eigenvalue weighted by Gasteiger charge is 2.20. The zero-order valence-electron chi connectivity index (χ0n) is 49.4. The number of esters is 1. The SMILES string of the molecule is CCCCCC/C=C\C/C=C\CCCCCCCC(=O)OCCCCCCCCCCCCCCCCCCC(=O)NC(CO)C(O)CCCCCCCCCCCCCCCCCCCCCCCCCC. The second kappa shape index (κ2) is 62.9. The molecule has 0 saturated heterocycles. The number of hydrogen-bond acceptors (Lipinski definition) is 5. The van der Waals surface area contributed by atoms with Crippen molar-refractivity contribution in [2.24, 2.45) is 0 Å². The standard InChI is InChI=1S/C67H129NO5/c1-3-5-7-9-11-13-15-17-19-21-22-23-24-25-26-27-28-31-35-39-43-47-51-55-59-65(70)64(63-69)68-66(71)60-56-52-48-44-40-36-32-29-30-34-38-42-46-50-54-58-62-73-67(72)61-57-53-49-45-41-37-33-20-18-16-14-12-10-8-6-4-2/h14,16,20,33,64-65,69-70H,3-13,15,17-19,21-32,34-63H2,1-2H3,(H,68,71)/b16-14-,33-20-. The third kappa shape index (κ3) is 59.4. The van der Waals surface area contributed by atoms with E-state index in [4.69, 9.17) is 4.74 Å². The van der Waals surface area contributed by atoms with E-state index in [9.17, 15) is 19.8 Å². The lowest BCUT2D eigenvalue weighted by molar-refractivity contribution is -0.143. The largest absolute Gasteiger partial charge is 0.466 e. The predicted molar refractivity (Wildman–Crippen MR) is 320 cm³/mol. The maximum atomic E-state index is 12.5. The molecule has 0 aromatic rings. The number of aliphatic hydroxyl groups excluding tert-OH is 2. The van der Waals surface area contributed by atoms with E-state index in [-0.39, 0.29) is 18.5 Å². The van der Waals surface area contributed by atoms with Crippen molar-refractivity contribution >= 4 is 11.9 Å². The molecule has 0 aromatic carbocycles. The summed E-state index contributed by atoms with van der Waals surface area (Å²) in [7, 11) is 0. The minimum absolute atomic E-state index is 0.00916. The lowest BCUT2D eigenvalue weighted by Crippen LogP contribution is -2.45. The molecule has 0 saturated carbocycles. The lowest BCUT2D eigenvalue weighted by atomic mass is 10.0. The maximum Gasteiger partial charge on any atom is 0.305 e. The Balaban J connectivity index is 3.42. The van der Waals surface area contributed by atoms with Gasteiger partial charge in [-0.25, -0.2) is 0 Å². The molecule has 0 radical (unpaired) electrons. The van der Waals surface area contributed by atoms with Crippen LogP contribution < -0.4 is 5.32 Å². The van der Waals surface area contributed by atoms with Gasteiger partial charge < -0.3 is 20.3 Å². The molecule has 6 nitrogen and oxygen atoms in total. The first-order valence-electron chi connectivity index (χ1n) is 33.1. The Kier molecular flexibility index (Phi) is 61.4. The zero-order valence-corrected chi connectivity index (χ0v) is 49.4. The van der Waals surface area contributed by atoms with Gasteiger partial charge in [-0.05, 0) is 57.8 Å². The Morgan fingerprint density at radius 1 is 0.384 bits per heavy atom. The fraction of sp³-hybridized carbons (Fsp3) is 0.910. The molecule has 432 valence electrons. The van der Waals surface area contributed by atoms with Crippen LogP contribution in [0.15, 0.2) is 24.3 Å². The van der Waals surface area contributed by atoms with Crippen LogP contribution in [0.1, 0.15) is 367 Å². The van der Waals surface area contributed by atoms with Crippen molar-refractivity contribution in [3.05, 3.63) is 24.3 Å².